The normalized spacial score (nSPS) is 19.4. The molecule has 1 fully saturated rings. The number of Topliss-reactive ketones (excluding diaryl/α,β-unsaturated/α-hetero) is 1. The second kappa shape index (κ2) is 5.87. The lowest BCUT2D eigenvalue weighted by Crippen LogP contribution is -2.55. The number of rotatable bonds is 4. The lowest BCUT2D eigenvalue weighted by atomic mass is 10.1. The predicted octanol–water partition coefficient (Wildman–Crippen LogP) is 2.08. The van der Waals surface area contributed by atoms with Gasteiger partial charge in [0.25, 0.3) is 0 Å². The van der Waals surface area contributed by atoms with Crippen LogP contribution in [0.1, 0.15) is 37.6 Å². The van der Waals surface area contributed by atoms with Gasteiger partial charge in [-0.3, -0.25) is 4.79 Å². The zero-order valence-electron chi connectivity index (χ0n) is 12.6. The largest absolute Gasteiger partial charge is 0.378 e. The molecule has 0 spiro atoms. The molecule has 1 aromatic rings. The van der Waals surface area contributed by atoms with Crippen molar-refractivity contribution in [2.75, 3.05) is 19.8 Å². The molecule has 0 aromatic heterocycles. The van der Waals surface area contributed by atoms with Gasteiger partial charge in [0.1, 0.15) is 0 Å². The lowest BCUT2D eigenvalue weighted by molar-refractivity contribution is -0.00770. The maximum atomic E-state index is 12.8. The fraction of sp³-hybridized carbons (Fsp3) is 0.533. The minimum Gasteiger partial charge on any atom is -0.378 e. The average Bonchev–Trinajstić information content (AvgIpc) is 2.45. The minimum absolute atomic E-state index is 0.0618. The molecule has 0 N–H and O–H groups in total. The van der Waals surface area contributed by atoms with Crippen molar-refractivity contribution in [1.29, 1.82) is 0 Å². The number of sulfonamides is 1. The number of carbonyl (C=O) groups excluding carboxylic acids is 1. The summed E-state index contributed by atoms with van der Waals surface area (Å²) < 4.78 is 32.5. The van der Waals surface area contributed by atoms with E-state index in [1.165, 1.54) is 16.4 Å². The van der Waals surface area contributed by atoms with Gasteiger partial charge < -0.3 is 4.74 Å². The Bertz CT molecular complexity index is 637. The smallest absolute Gasteiger partial charge is 0.243 e. The van der Waals surface area contributed by atoms with E-state index < -0.39 is 15.6 Å². The summed E-state index contributed by atoms with van der Waals surface area (Å²) in [6, 6.07) is 6.26. The molecule has 1 saturated heterocycles. The predicted molar refractivity (Wildman–Crippen MR) is 79.9 cm³/mol. The summed E-state index contributed by atoms with van der Waals surface area (Å²) in [5.74, 6) is -0.0618. The van der Waals surface area contributed by atoms with Gasteiger partial charge in [-0.1, -0.05) is 19.1 Å². The van der Waals surface area contributed by atoms with Crippen molar-refractivity contribution in [3.8, 4) is 0 Å². The zero-order chi connectivity index (χ0) is 15.7. The van der Waals surface area contributed by atoms with Crippen molar-refractivity contribution < 1.29 is 17.9 Å². The number of benzene rings is 1. The molecule has 0 atom stereocenters. The van der Waals surface area contributed by atoms with Crippen LogP contribution in [0, 0.1) is 0 Å². The average molecular weight is 311 g/mol. The topological polar surface area (TPSA) is 63.7 Å². The highest BCUT2D eigenvalue weighted by Gasteiger charge is 2.39. The molecule has 116 valence electrons. The van der Waals surface area contributed by atoms with Crippen LogP contribution in [0.3, 0.4) is 0 Å². The van der Waals surface area contributed by atoms with Gasteiger partial charge in [0.2, 0.25) is 10.0 Å². The van der Waals surface area contributed by atoms with Crippen LogP contribution in [0.4, 0.5) is 0 Å². The third-order valence-electron chi connectivity index (χ3n) is 3.63. The summed E-state index contributed by atoms with van der Waals surface area (Å²) in [4.78, 5) is 11.9. The molecule has 0 unspecified atom stereocenters. The lowest BCUT2D eigenvalue weighted by Gasteiger charge is -2.40. The van der Waals surface area contributed by atoms with E-state index in [1.54, 1.807) is 19.1 Å². The first-order chi connectivity index (χ1) is 9.79. The van der Waals surface area contributed by atoms with E-state index in [0.29, 0.717) is 31.7 Å². The van der Waals surface area contributed by atoms with Gasteiger partial charge in [-0.2, -0.15) is 4.31 Å². The molecule has 0 saturated carbocycles. The Kier molecular flexibility index (Phi) is 4.51. The molecular weight excluding hydrogens is 290 g/mol. The minimum atomic E-state index is -3.63. The molecule has 1 heterocycles. The first-order valence-corrected chi connectivity index (χ1v) is 8.47. The molecule has 1 aliphatic heterocycles. The highest BCUT2D eigenvalue weighted by molar-refractivity contribution is 7.89. The summed E-state index contributed by atoms with van der Waals surface area (Å²) in [5.41, 5.74) is -0.161. The van der Waals surface area contributed by atoms with Gasteiger partial charge >= 0.3 is 0 Å². The summed E-state index contributed by atoms with van der Waals surface area (Å²) in [6.07, 6.45) is 0.354. The molecule has 6 heteroatoms. The van der Waals surface area contributed by atoms with E-state index in [0.717, 1.165) is 0 Å². The number of hydrogen-bond acceptors (Lipinski definition) is 4. The Morgan fingerprint density at radius 1 is 1.38 bits per heavy atom. The third kappa shape index (κ3) is 3.17. The van der Waals surface area contributed by atoms with Gasteiger partial charge in [-0.15, -0.1) is 0 Å². The molecule has 21 heavy (non-hydrogen) atoms. The van der Waals surface area contributed by atoms with Crippen LogP contribution >= 0.6 is 0 Å². The van der Waals surface area contributed by atoms with Crippen LogP contribution in [-0.2, 0) is 14.8 Å². The first kappa shape index (κ1) is 16.1. The molecule has 1 aliphatic rings. The number of carbonyl (C=O) groups is 1. The van der Waals surface area contributed by atoms with Gasteiger partial charge in [0.05, 0.1) is 23.6 Å². The standard InChI is InChI=1S/C15H21NO4S/c1-4-14(17)12-6-5-7-13(10-12)21(18,19)16-8-9-20-11-15(16,2)3/h5-7,10H,4,8-9,11H2,1-3H3. The molecule has 0 radical (unpaired) electrons. The van der Waals surface area contributed by atoms with Crippen LogP contribution in [0.5, 0.6) is 0 Å². The van der Waals surface area contributed by atoms with E-state index in [-0.39, 0.29) is 10.7 Å². The third-order valence-corrected chi connectivity index (χ3v) is 5.74. The van der Waals surface area contributed by atoms with E-state index in [4.69, 9.17) is 4.74 Å². The van der Waals surface area contributed by atoms with Crippen LogP contribution in [0.2, 0.25) is 0 Å². The second-order valence-corrected chi connectivity index (χ2v) is 7.61. The molecule has 1 aromatic carbocycles. The van der Waals surface area contributed by atoms with Crippen LogP contribution in [0.15, 0.2) is 29.2 Å². The Morgan fingerprint density at radius 2 is 2.10 bits per heavy atom. The van der Waals surface area contributed by atoms with Crippen LogP contribution in [-0.4, -0.2) is 43.8 Å². The summed E-state index contributed by atoms with van der Waals surface area (Å²) in [6.45, 7) is 6.50. The van der Waals surface area contributed by atoms with E-state index in [9.17, 15) is 13.2 Å². The van der Waals surface area contributed by atoms with Crippen molar-refractivity contribution >= 4 is 15.8 Å². The first-order valence-electron chi connectivity index (χ1n) is 7.03. The van der Waals surface area contributed by atoms with E-state index >= 15 is 0 Å². The monoisotopic (exact) mass is 311 g/mol. The second-order valence-electron chi connectivity index (χ2n) is 5.75. The van der Waals surface area contributed by atoms with Crippen LogP contribution in [0.25, 0.3) is 0 Å². The van der Waals surface area contributed by atoms with Crippen LogP contribution < -0.4 is 0 Å². The highest BCUT2D eigenvalue weighted by atomic mass is 32.2. The zero-order valence-corrected chi connectivity index (χ0v) is 13.4. The summed E-state index contributed by atoms with van der Waals surface area (Å²) in [5, 5.41) is 0. The molecule has 0 aliphatic carbocycles. The maximum Gasteiger partial charge on any atom is 0.243 e. The van der Waals surface area contributed by atoms with Gasteiger partial charge in [-0.05, 0) is 26.0 Å². The number of ether oxygens (including phenoxy) is 1. The number of morpholine rings is 1. The van der Waals surface area contributed by atoms with Crippen molar-refractivity contribution in [1.82, 2.24) is 4.31 Å². The molecule has 5 nitrogen and oxygen atoms in total. The quantitative estimate of drug-likeness (QED) is 0.799. The van der Waals surface area contributed by atoms with E-state index in [2.05, 4.69) is 0 Å². The summed E-state index contributed by atoms with van der Waals surface area (Å²) >= 11 is 0. The Balaban J connectivity index is 2.42. The van der Waals surface area contributed by atoms with E-state index in [1.807, 2.05) is 13.8 Å². The SMILES string of the molecule is CCC(=O)c1cccc(S(=O)(=O)N2CCOCC2(C)C)c1. The molecular formula is C15H21NO4S. The fourth-order valence-electron chi connectivity index (χ4n) is 2.45. The Hall–Kier alpha value is -1.24. The van der Waals surface area contributed by atoms with Gasteiger partial charge in [0.15, 0.2) is 5.78 Å². The van der Waals surface area contributed by atoms with Gasteiger partial charge in [-0.25, -0.2) is 8.42 Å². The van der Waals surface area contributed by atoms with Crippen molar-refractivity contribution in [3.63, 3.8) is 0 Å². The number of nitrogens with zero attached hydrogens (tertiary/aromatic N) is 1. The molecule has 2 rings (SSSR count). The van der Waals surface area contributed by atoms with Crippen molar-refractivity contribution in [2.24, 2.45) is 0 Å². The maximum absolute atomic E-state index is 12.8. The highest BCUT2D eigenvalue weighted by Crippen LogP contribution is 2.27. The fourth-order valence-corrected chi connectivity index (χ4v) is 4.25. The number of ketones is 1. The summed E-state index contributed by atoms with van der Waals surface area (Å²) in [7, 11) is -3.63. The van der Waals surface area contributed by atoms with Gasteiger partial charge in [0, 0.05) is 18.5 Å². The van der Waals surface area contributed by atoms with Crippen molar-refractivity contribution in [3.05, 3.63) is 29.8 Å². The number of hydrogen-bond donors (Lipinski definition) is 0. The molecule has 0 amide bonds. The van der Waals surface area contributed by atoms with Crippen molar-refractivity contribution in [2.45, 2.75) is 37.6 Å². The Morgan fingerprint density at radius 3 is 2.71 bits per heavy atom. The Labute approximate surface area is 126 Å². The molecule has 0 bridgehead atoms.